The number of ether oxygens (including phenoxy) is 2. The lowest BCUT2D eigenvalue weighted by Crippen LogP contribution is -2.35. The molecule has 20 heavy (non-hydrogen) atoms. The van der Waals surface area contributed by atoms with E-state index < -0.39 is 25.2 Å². The predicted molar refractivity (Wildman–Crippen MR) is 67.1 cm³/mol. The lowest BCUT2D eigenvalue weighted by Gasteiger charge is -2.12. The molecule has 112 valence electrons. The average molecular weight is 292 g/mol. The first-order valence-corrected chi connectivity index (χ1v) is 5.65. The number of nitrogens with one attached hydrogen (secondary N) is 2. The Balaban J connectivity index is 2.60. The summed E-state index contributed by atoms with van der Waals surface area (Å²) >= 11 is 0. The molecule has 1 amide bonds. The molecule has 0 unspecified atom stereocenters. The fraction of sp³-hybridized carbons (Fsp3) is 0.417. The molecule has 0 saturated heterocycles. The summed E-state index contributed by atoms with van der Waals surface area (Å²) in [7, 11) is 2.87. The molecule has 0 spiro atoms. The topological polar surface area (TPSA) is 59.6 Å². The van der Waals surface area contributed by atoms with E-state index in [9.17, 15) is 18.0 Å². The second-order valence-corrected chi connectivity index (χ2v) is 3.83. The van der Waals surface area contributed by atoms with E-state index in [0.717, 1.165) is 0 Å². The fourth-order valence-electron chi connectivity index (χ4n) is 1.42. The van der Waals surface area contributed by atoms with Gasteiger partial charge in [-0.05, 0) is 12.1 Å². The minimum absolute atomic E-state index is 0.325. The van der Waals surface area contributed by atoms with E-state index in [-0.39, 0.29) is 0 Å². The summed E-state index contributed by atoms with van der Waals surface area (Å²) in [4.78, 5) is 11.5. The number of anilines is 1. The minimum Gasteiger partial charge on any atom is -0.497 e. The molecule has 0 atom stereocenters. The fourth-order valence-corrected chi connectivity index (χ4v) is 1.42. The van der Waals surface area contributed by atoms with Crippen molar-refractivity contribution in [3.05, 3.63) is 18.2 Å². The maximum atomic E-state index is 11.9. The van der Waals surface area contributed by atoms with Crippen molar-refractivity contribution in [2.24, 2.45) is 0 Å². The van der Waals surface area contributed by atoms with Gasteiger partial charge >= 0.3 is 6.18 Å². The maximum absolute atomic E-state index is 11.9. The van der Waals surface area contributed by atoms with Crippen LogP contribution in [0.5, 0.6) is 11.5 Å². The summed E-state index contributed by atoms with van der Waals surface area (Å²) in [5.74, 6) is 0.264. The number of benzene rings is 1. The standard InChI is InChI=1S/C12H15F3N2O3/c1-19-8-3-4-10(20-2)9(5-8)17-11(18)6-16-7-12(13,14)15/h3-5,16H,6-7H2,1-2H3,(H,17,18). The van der Waals surface area contributed by atoms with Crippen molar-refractivity contribution in [3.63, 3.8) is 0 Å². The van der Waals surface area contributed by atoms with Crippen molar-refractivity contribution in [1.82, 2.24) is 5.32 Å². The molecule has 1 aromatic rings. The summed E-state index contributed by atoms with van der Waals surface area (Å²) in [6.45, 7) is -1.68. The zero-order valence-electron chi connectivity index (χ0n) is 11.0. The Bertz CT molecular complexity index is 464. The number of hydrogen-bond donors (Lipinski definition) is 2. The normalized spacial score (nSPS) is 11.1. The smallest absolute Gasteiger partial charge is 0.401 e. The molecule has 0 heterocycles. The number of hydrogen-bond acceptors (Lipinski definition) is 4. The van der Waals surface area contributed by atoms with Crippen LogP contribution in [-0.4, -0.2) is 39.4 Å². The van der Waals surface area contributed by atoms with Gasteiger partial charge in [-0.15, -0.1) is 0 Å². The van der Waals surface area contributed by atoms with Crippen molar-refractivity contribution in [1.29, 1.82) is 0 Å². The third-order valence-electron chi connectivity index (χ3n) is 2.29. The SMILES string of the molecule is COc1ccc(OC)c(NC(=O)CNCC(F)(F)F)c1. The second-order valence-electron chi connectivity index (χ2n) is 3.83. The molecule has 1 rings (SSSR count). The Morgan fingerprint density at radius 2 is 1.95 bits per heavy atom. The van der Waals surface area contributed by atoms with Gasteiger partial charge in [0.15, 0.2) is 0 Å². The average Bonchev–Trinajstić information content (AvgIpc) is 2.37. The Labute approximate surface area is 114 Å². The summed E-state index contributed by atoms with van der Waals surface area (Å²) in [6.07, 6.45) is -4.35. The van der Waals surface area contributed by atoms with Gasteiger partial charge in [0.1, 0.15) is 11.5 Å². The quantitative estimate of drug-likeness (QED) is 0.839. The molecule has 0 aromatic heterocycles. The third kappa shape index (κ3) is 5.35. The molecule has 0 aliphatic rings. The van der Waals surface area contributed by atoms with Crippen LogP contribution in [0.1, 0.15) is 0 Å². The van der Waals surface area contributed by atoms with Gasteiger partial charge in [0.2, 0.25) is 5.91 Å². The van der Waals surface area contributed by atoms with Crippen molar-refractivity contribution in [2.45, 2.75) is 6.18 Å². The zero-order chi connectivity index (χ0) is 15.2. The Kier molecular flexibility index (Phi) is 5.63. The number of methoxy groups -OCH3 is 2. The highest BCUT2D eigenvalue weighted by Crippen LogP contribution is 2.28. The molecule has 0 bridgehead atoms. The number of amides is 1. The lowest BCUT2D eigenvalue weighted by molar-refractivity contribution is -0.126. The third-order valence-corrected chi connectivity index (χ3v) is 2.29. The minimum atomic E-state index is -4.35. The maximum Gasteiger partial charge on any atom is 0.401 e. The second kappa shape index (κ2) is 6.99. The molecule has 0 radical (unpaired) electrons. The molecular weight excluding hydrogens is 277 g/mol. The Morgan fingerprint density at radius 1 is 1.25 bits per heavy atom. The number of carbonyl (C=O) groups is 1. The van der Waals surface area contributed by atoms with Crippen LogP contribution >= 0.6 is 0 Å². The lowest BCUT2D eigenvalue weighted by atomic mass is 10.2. The molecule has 8 heteroatoms. The van der Waals surface area contributed by atoms with Crippen molar-refractivity contribution in [3.8, 4) is 11.5 Å². The highest BCUT2D eigenvalue weighted by atomic mass is 19.4. The predicted octanol–water partition coefficient (Wildman–Crippen LogP) is 1.79. The summed E-state index contributed by atoms with van der Waals surface area (Å²) in [6, 6.07) is 4.73. The van der Waals surface area contributed by atoms with E-state index in [4.69, 9.17) is 9.47 Å². The molecule has 0 aliphatic carbocycles. The van der Waals surface area contributed by atoms with Gasteiger partial charge in [-0.2, -0.15) is 13.2 Å². The van der Waals surface area contributed by atoms with Crippen LogP contribution in [0.15, 0.2) is 18.2 Å². The van der Waals surface area contributed by atoms with E-state index in [0.29, 0.717) is 17.2 Å². The number of alkyl halides is 3. The number of halogens is 3. The summed E-state index contributed by atoms with van der Waals surface area (Å²) < 4.78 is 45.8. The largest absolute Gasteiger partial charge is 0.497 e. The van der Waals surface area contributed by atoms with Crippen molar-refractivity contribution < 1.29 is 27.4 Å². The highest BCUT2D eigenvalue weighted by molar-refractivity contribution is 5.93. The van der Waals surface area contributed by atoms with Crippen LogP contribution in [-0.2, 0) is 4.79 Å². The molecule has 2 N–H and O–H groups in total. The van der Waals surface area contributed by atoms with Crippen molar-refractivity contribution in [2.75, 3.05) is 32.6 Å². The van der Waals surface area contributed by atoms with Gasteiger partial charge in [0, 0.05) is 6.07 Å². The molecule has 0 fully saturated rings. The Morgan fingerprint density at radius 3 is 2.50 bits per heavy atom. The number of carbonyl (C=O) groups excluding carboxylic acids is 1. The summed E-state index contributed by atoms with van der Waals surface area (Å²) in [5.41, 5.74) is 0.325. The van der Waals surface area contributed by atoms with Gasteiger partial charge < -0.3 is 20.1 Å². The molecule has 0 aliphatic heterocycles. The van der Waals surface area contributed by atoms with E-state index >= 15 is 0 Å². The zero-order valence-corrected chi connectivity index (χ0v) is 11.0. The monoisotopic (exact) mass is 292 g/mol. The molecular formula is C12H15F3N2O3. The number of rotatable bonds is 6. The molecule has 0 saturated carbocycles. The Hall–Kier alpha value is -1.96. The van der Waals surface area contributed by atoms with Gasteiger partial charge in [-0.1, -0.05) is 0 Å². The van der Waals surface area contributed by atoms with Crippen LogP contribution < -0.4 is 20.1 Å². The first kappa shape index (κ1) is 16.1. The van der Waals surface area contributed by atoms with E-state index in [1.54, 1.807) is 12.1 Å². The molecule has 5 nitrogen and oxygen atoms in total. The highest BCUT2D eigenvalue weighted by Gasteiger charge is 2.26. The molecule has 1 aromatic carbocycles. The van der Waals surface area contributed by atoms with Crippen LogP contribution in [0.2, 0.25) is 0 Å². The first-order chi connectivity index (χ1) is 9.35. The van der Waals surface area contributed by atoms with Crippen LogP contribution in [0, 0.1) is 0 Å². The van der Waals surface area contributed by atoms with Gasteiger partial charge in [0.05, 0.1) is 33.0 Å². The van der Waals surface area contributed by atoms with Crippen molar-refractivity contribution >= 4 is 11.6 Å². The van der Waals surface area contributed by atoms with Crippen LogP contribution in [0.4, 0.5) is 18.9 Å². The summed E-state index contributed by atoms with van der Waals surface area (Å²) in [5, 5.41) is 4.45. The van der Waals surface area contributed by atoms with E-state index in [1.165, 1.54) is 20.3 Å². The van der Waals surface area contributed by atoms with Crippen LogP contribution in [0.25, 0.3) is 0 Å². The van der Waals surface area contributed by atoms with Crippen LogP contribution in [0.3, 0.4) is 0 Å². The first-order valence-electron chi connectivity index (χ1n) is 5.65. The van der Waals surface area contributed by atoms with E-state index in [2.05, 4.69) is 5.32 Å². The van der Waals surface area contributed by atoms with E-state index in [1.807, 2.05) is 5.32 Å². The van der Waals surface area contributed by atoms with Gasteiger partial charge in [-0.3, -0.25) is 4.79 Å². The van der Waals surface area contributed by atoms with Gasteiger partial charge in [-0.25, -0.2) is 0 Å². The van der Waals surface area contributed by atoms with Gasteiger partial charge in [0.25, 0.3) is 0 Å².